The first-order valence-electron chi connectivity index (χ1n) is 4.53. The zero-order valence-electron chi connectivity index (χ0n) is 8.07. The van der Waals surface area contributed by atoms with Gasteiger partial charge in [-0.3, -0.25) is 0 Å². The summed E-state index contributed by atoms with van der Waals surface area (Å²) in [4.78, 5) is 4.00. The largest absolute Gasteiger partial charge is 0.573 e. The summed E-state index contributed by atoms with van der Waals surface area (Å²) >= 11 is 0. The smallest absolute Gasteiger partial charge is 0.481 e. The Bertz CT molecular complexity index is 386. The van der Waals surface area contributed by atoms with E-state index in [1.807, 2.05) is 0 Å². The van der Waals surface area contributed by atoms with Gasteiger partial charge < -0.3 is 9.47 Å². The van der Waals surface area contributed by atoms with Crippen LogP contribution in [-0.4, -0.2) is 19.4 Å². The van der Waals surface area contributed by atoms with Crippen molar-refractivity contribution in [2.24, 2.45) is 4.99 Å². The van der Waals surface area contributed by atoms with Gasteiger partial charge in [-0.05, 0) is 17.7 Å². The molecule has 1 aromatic rings. The van der Waals surface area contributed by atoms with Crippen molar-refractivity contribution in [2.75, 3.05) is 6.61 Å². The molecule has 0 radical (unpaired) electrons. The van der Waals surface area contributed by atoms with Crippen LogP contribution in [0.5, 0.6) is 5.75 Å². The molecule has 1 aromatic carbocycles. The first kappa shape index (κ1) is 10.8. The van der Waals surface area contributed by atoms with Crippen LogP contribution in [0.25, 0.3) is 0 Å². The van der Waals surface area contributed by atoms with E-state index in [1.54, 1.807) is 0 Å². The number of hydrogen-bond acceptors (Lipinski definition) is 3. The molecule has 0 bridgehead atoms. The molecule has 1 atom stereocenters. The molecule has 2 rings (SSSR count). The highest BCUT2D eigenvalue weighted by atomic mass is 19.4. The van der Waals surface area contributed by atoms with Crippen LogP contribution >= 0.6 is 0 Å². The second-order valence-corrected chi connectivity index (χ2v) is 3.22. The SMILES string of the molecule is FC(F)(F)Oc1ccc(C2COC=N2)cc1. The summed E-state index contributed by atoms with van der Waals surface area (Å²) in [6.07, 6.45) is -3.32. The van der Waals surface area contributed by atoms with Gasteiger partial charge in [0.2, 0.25) is 0 Å². The third-order valence-electron chi connectivity index (χ3n) is 2.07. The molecule has 0 saturated heterocycles. The minimum Gasteiger partial charge on any atom is -0.481 e. The van der Waals surface area contributed by atoms with Crippen molar-refractivity contribution in [1.29, 1.82) is 0 Å². The van der Waals surface area contributed by atoms with E-state index in [4.69, 9.17) is 4.74 Å². The zero-order valence-corrected chi connectivity index (χ0v) is 8.07. The van der Waals surface area contributed by atoms with Crippen molar-refractivity contribution in [3.63, 3.8) is 0 Å². The third kappa shape index (κ3) is 2.65. The molecular formula is C10H8F3NO2. The van der Waals surface area contributed by atoms with E-state index < -0.39 is 6.36 Å². The van der Waals surface area contributed by atoms with Gasteiger partial charge in [0.15, 0.2) is 6.40 Å². The molecule has 0 N–H and O–H groups in total. The van der Waals surface area contributed by atoms with Gasteiger partial charge >= 0.3 is 6.36 Å². The lowest BCUT2D eigenvalue weighted by Gasteiger charge is -2.10. The summed E-state index contributed by atoms with van der Waals surface area (Å²) in [6.45, 7) is 0.416. The summed E-state index contributed by atoms with van der Waals surface area (Å²) < 4.78 is 44.3. The summed E-state index contributed by atoms with van der Waals surface area (Å²) in [5, 5.41) is 0. The molecule has 0 spiro atoms. The van der Waals surface area contributed by atoms with Gasteiger partial charge in [-0.25, -0.2) is 4.99 Å². The average molecular weight is 231 g/mol. The van der Waals surface area contributed by atoms with E-state index in [-0.39, 0.29) is 11.8 Å². The van der Waals surface area contributed by atoms with Crippen molar-refractivity contribution in [3.8, 4) is 5.75 Å². The number of ether oxygens (including phenoxy) is 2. The Morgan fingerprint density at radius 1 is 1.25 bits per heavy atom. The molecule has 0 saturated carbocycles. The monoisotopic (exact) mass is 231 g/mol. The summed E-state index contributed by atoms with van der Waals surface area (Å²) in [7, 11) is 0. The van der Waals surface area contributed by atoms with Crippen LogP contribution in [0.4, 0.5) is 13.2 Å². The topological polar surface area (TPSA) is 30.8 Å². The number of aliphatic imine (C=N–C) groups is 1. The second kappa shape index (κ2) is 4.03. The maximum Gasteiger partial charge on any atom is 0.573 e. The molecule has 1 aliphatic rings. The van der Waals surface area contributed by atoms with Crippen molar-refractivity contribution in [1.82, 2.24) is 0 Å². The summed E-state index contributed by atoms with van der Waals surface area (Å²) in [5.74, 6) is -0.237. The van der Waals surface area contributed by atoms with Crippen LogP contribution in [0.2, 0.25) is 0 Å². The summed E-state index contributed by atoms with van der Waals surface area (Å²) in [5.41, 5.74) is 0.795. The first-order chi connectivity index (χ1) is 7.54. The van der Waals surface area contributed by atoms with E-state index in [9.17, 15) is 13.2 Å². The number of hydrogen-bond donors (Lipinski definition) is 0. The number of rotatable bonds is 2. The van der Waals surface area contributed by atoms with Gasteiger partial charge in [-0.15, -0.1) is 13.2 Å². The number of benzene rings is 1. The van der Waals surface area contributed by atoms with Crippen LogP contribution < -0.4 is 4.74 Å². The van der Waals surface area contributed by atoms with Crippen molar-refractivity contribution in [2.45, 2.75) is 12.4 Å². The minimum absolute atomic E-state index is 0.139. The van der Waals surface area contributed by atoms with Gasteiger partial charge in [-0.2, -0.15) is 0 Å². The van der Waals surface area contributed by atoms with Crippen LogP contribution in [-0.2, 0) is 4.74 Å². The molecular weight excluding hydrogens is 223 g/mol. The molecule has 1 aliphatic heterocycles. The molecule has 16 heavy (non-hydrogen) atoms. The lowest BCUT2D eigenvalue weighted by molar-refractivity contribution is -0.274. The van der Waals surface area contributed by atoms with Gasteiger partial charge in [0.1, 0.15) is 18.4 Å². The molecule has 0 amide bonds. The van der Waals surface area contributed by atoms with E-state index >= 15 is 0 Å². The fourth-order valence-electron chi connectivity index (χ4n) is 1.37. The fourth-order valence-corrected chi connectivity index (χ4v) is 1.37. The van der Waals surface area contributed by atoms with Crippen LogP contribution in [0.15, 0.2) is 29.3 Å². The van der Waals surface area contributed by atoms with Gasteiger partial charge in [0.05, 0.1) is 0 Å². The lowest BCUT2D eigenvalue weighted by atomic mass is 10.1. The Labute approximate surface area is 89.5 Å². The highest BCUT2D eigenvalue weighted by Gasteiger charge is 2.31. The first-order valence-corrected chi connectivity index (χ1v) is 4.53. The van der Waals surface area contributed by atoms with E-state index in [2.05, 4.69) is 9.73 Å². The number of alkyl halides is 3. The van der Waals surface area contributed by atoms with Gasteiger partial charge in [0, 0.05) is 0 Å². The second-order valence-electron chi connectivity index (χ2n) is 3.22. The van der Waals surface area contributed by atoms with E-state index in [1.165, 1.54) is 30.7 Å². The molecule has 0 aliphatic carbocycles. The fraction of sp³-hybridized carbons (Fsp3) is 0.300. The Morgan fingerprint density at radius 2 is 1.94 bits per heavy atom. The highest BCUT2D eigenvalue weighted by molar-refractivity contribution is 5.50. The van der Waals surface area contributed by atoms with Crippen LogP contribution in [0.1, 0.15) is 11.6 Å². The minimum atomic E-state index is -4.66. The van der Waals surface area contributed by atoms with Gasteiger partial charge in [0.25, 0.3) is 0 Å². The normalized spacial score (nSPS) is 19.6. The van der Waals surface area contributed by atoms with E-state index in [0.717, 1.165) is 5.56 Å². The standard InChI is InChI=1S/C10H8F3NO2/c11-10(12,13)16-8-3-1-7(2-4-8)9-5-15-6-14-9/h1-4,6,9H,5H2. The summed E-state index contributed by atoms with van der Waals surface area (Å²) in [6, 6.07) is 5.46. The maximum atomic E-state index is 11.9. The van der Waals surface area contributed by atoms with Crippen molar-refractivity contribution < 1.29 is 22.6 Å². The third-order valence-corrected chi connectivity index (χ3v) is 2.07. The molecule has 1 unspecified atom stereocenters. The number of nitrogens with zero attached hydrogens (tertiary/aromatic N) is 1. The highest BCUT2D eigenvalue weighted by Crippen LogP contribution is 2.26. The van der Waals surface area contributed by atoms with Crippen LogP contribution in [0, 0.1) is 0 Å². The molecule has 0 aromatic heterocycles. The van der Waals surface area contributed by atoms with E-state index in [0.29, 0.717) is 6.61 Å². The lowest BCUT2D eigenvalue weighted by Crippen LogP contribution is -2.17. The Balaban J connectivity index is 2.07. The Kier molecular flexibility index (Phi) is 2.72. The van der Waals surface area contributed by atoms with Crippen molar-refractivity contribution in [3.05, 3.63) is 29.8 Å². The molecule has 1 heterocycles. The molecule has 3 nitrogen and oxygen atoms in total. The Hall–Kier alpha value is -1.72. The average Bonchev–Trinajstić information content (AvgIpc) is 2.69. The molecule has 86 valence electrons. The quantitative estimate of drug-likeness (QED) is 0.783. The Morgan fingerprint density at radius 3 is 2.44 bits per heavy atom. The number of halogens is 3. The van der Waals surface area contributed by atoms with Gasteiger partial charge in [-0.1, -0.05) is 12.1 Å². The predicted molar refractivity (Wildman–Crippen MR) is 50.3 cm³/mol. The maximum absolute atomic E-state index is 11.9. The predicted octanol–water partition coefficient (Wildman–Crippen LogP) is 2.68. The van der Waals surface area contributed by atoms with Crippen LogP contribution in [0.3, 0.4) is 0 Å². The zero-order chi connectivity index (χ0) is 11.6. The van der Waals surface area contributed by atoms with Crippen molar-refractivity contribution >= 4 is 6.40 Å². The molecule has 0 fully saturated rings. The molecule has 6 heteroatoms.